The third kappa shape index (κ3) is 4.29. The molecule has 40 heavy (non-hydrogen) atoms. The van der Waals surface area contributed by atoms with Crippen molar-refractivity contribution in [3.05, 3.63) is 16.0 Å². The van der Waals surface area contributed by atoms with Gasteiger partial charge in [-0.15, -0.1) is 11.3 Å². The summed E-state index contributed by atoms with van der Waals surface area (Å²) in [6.45, 7) is 8.71. The lowest BCUT2D eigenvalue weighted by Crippen LogP contribution is -2.59. The largest absolute Gasteiger partial charge is 0.463 e. The lowest BCUT2D eigenvalue weighted by atomic mass is 9.74. The fraction of sp³-hybridized carbons (Fsp3) is 0.714. The number of aromatic nitrogens is 3. The van der Waals surface area contributed by atoms with Gasteiger partial charge in [0.15, 0.2) is 0 Å². The number of anilines is 3. The first-order valence-electron chi connectivity index (χ1n) is 14.8. The number of nitrogens with two attached hydrogens (primary N) is 1. The molecule has 2 atom stereocenters. The molecule has 0 amide bonds. The maximum Gasteiger partial charge on any atom is 0.323 e. The van der Waals surface area contributed by atoms with E-state index in [1.165, 1.54) is 36.1 Å². The molecular formula is C28H37N9O2S. The van der Waals surface area contributed by atoms with Gasteiger partial charge in [-0.2, -0.15) is 20.2 Å². The minimum Gasteiger partial charge on any atom is -0.463 e. The van der Waals surface area contributed by atoms with Gasteiger partial charge in [-0.1, -0.05) is 0 Å². The van der Waals surface area contributed by atoms with Gasteiger partial charge in [0.25, 0.3) is 0 Å². The lowest BCUT2D eigenvalue weighted by molar-refractivity contribution is 0.0231. The molecule has 4 saturated heterocycles. The molecule has 6 aliphatic rings. The second kappa shape index (κ2) is 9.41. The van der Waals surface area contributed by atoms with Crippen LogP contribution in [0.1, 0.15) is 48.1 Å². The highest BCUT2D eigenvalue weighted by Crippen LogP contribution is 2.52. The van der Waals surface area contributed by atoms with E-state index in [4.69, 9.17) is 30.2 Å². The molecule has 212 valence electrons. The number of nitriles is 1. The van der Waals surface area contributed by atoms with Crippen LogP contribution in [0.4, 0.5) is 16.9 Å². The molecule has 2 aromatic heterocycles. The van der Waals surface area contributed by atoms with Crippen molar-refractivity contribution < 1.29 is 9.47 Å². The molecule has 2 aliphatic carbocycles. The van der Waals surface area contributed by atoms with Crippen molar-refractivity contribution in [1.82, 2.24) is 25.2 Å². The van der Waals surface area contributed by atoms with Crippen molar-refractivity contribution in [2.75, 3.05) is 81.2 Å². The summed E-state index contributed by atoms with van der Waals surface area (Å²) in [6, 6.07) is 3.79. The van der Waals surface area contributed by atoms with Crippen LogP contribution < -0.4 is 25.6 Å². The van der Waals surface area contributed by atoms with E-state index in [1.807, 2.05) is 0 Å². The highest BCUT2D eigenvalue weighted by Gasteiger charge is 2.52. The van der Waals surface area contributed by atoms with E-state index in [2.05, 4.69) is 26.1 Å². The molecule has 8 rings (SSSR count). The van der Waals surface area contributed by atoms with Crippen molar-refractivity contribution in [3.63, 3.8) is 0 Å². The van der Waals surface area contributed by atoms with Gasteiger partial charge in [0.05, 0.1) is 25.4 Å². The molecule has 1 saturated carbocycles. The lowest BCUT2D eigenvalue weighted by Gasteiger charge is -2.48. The van der Waals surface area contributed by atoms with Crippen LogP contribution in [0.2, 0.25) is 0 Å². The number of morpholine rings is 1. The van der Waals surface area contributed by atoms with Crippen molar-refractivity contribution in [2.45, 2.75) is 56.0 Å². The van der Waals surface area contributed by atoms with Crippen molar-refractivity contribution in [2.24, 2.45) is 5.41 Å². The van der Waals surface area contributed by atoms with Crippen LogP contribution in [0, 0.1) is 16.7 Å². The van der Waals surface area contributed by atoms with Gasteiger partial charge in [-0.25, -0.2) is 0 Å². The van der Waals surface area contributed by atoms with E-state index in [0.29, 0.717) is 41.2 Å². The Morgan fingerprint density at radius 2 is 1.77 bits per heavy atom. The summed E-state index contributed by atoms with van der Waals surface area (Å²) in [6.07, 6.45) is 6.80. The third-order valence-electron chi connectivity index (χ3n) is 9.97. The summed E-state index contributed by atoms with van der Waals surface area (Å²) in [5.41, 5.74) is 8.22. The summed E-state index contributed by atoms with van der Waals surface area (Å²) in [5, 5.41) is 14.2. The van der Waals surface area contributed by atoms with Crippen molar-refractivity contribution >= 4 is 28.2 Å². The van der Waals surface area contributed by atoms with Crippen LogP contribution in [0.15, 0.2) is 0 Å². The predicted molar refractivity (Wildman–Crippen MR) is 152 cm³/mol. The van der Waals surface area contributed by atoms with Crippen LogP contribution in [-0.2, 0) is 16.6 Å². The third-order valence-corrected chi connectivity index (χ3v) is 11.0. The number of hydrogen-bond acceptors (Lipinski definition) is 12. The number of thiophene rings is 1. The molecular weight excluding hydrogens is 526 g/mol. The SMILES string of the molecule is N#Cc1c(N)sc2c1C1(CC2)CN(c2nc(OCC3(CN4CCOCC4)CC3)nc(N3C[C@H]4CC[C@@H](C3)N4)n2)C1. The summed E-state index contributed by atoms with van der Waals surface area (Å²) in [4.78, 5) is 23.1. The molecule has 0 aromatic carbocycles. The van der Waals surface area contributed by atoms with E-state index in [9.17, 15) is 5.26 Å². The van der Waals surface area contributed by atoms with E-state index in [1.54, 1.807) is 11.3 Å². The van der Waals surface area contributed by atoms with E-state index < -0.39 is 0 Å². The van der Waals surface area contributed by atoms with Crippen LogP contribution in [0.25, 0.3) is 0 Å². The van der Waals surface area contributed by atoms with Crippen molar-refractivity contribution in [1.29, 1.82) is 5.26 Å². The highest BCUT2D eigenvalue weighted by atomic mass is 32.1. The Bertz CT molecular complexity index is 1330. The molecule has 4 aliphatic heterocycles. The Hall–Kier alpha value is -2.72. The average Bonchev–Trinajstić information content (AvgIpc) is 3.32. The monoisotopic (exact) mass is 563 g/mol. The zero-order valence-electron chi connectivity index (χ0n) is 22.9. The number of nitrogen functional groups attached to an aromatic ring is 1. The quantitative estimate of drug-likeness (QED) is 0.509. The molecule has 6 heterocycles. The number of aryl methyl sites for hydroxylation is 1. The maximum absolute atomic E-state index is 9.80. The second-order valence-electron chi connectivity index (χ2n) is 12.8. The number of nitrogens with zero attached hydrogens (tertiary/aromatic N) is 7. The summed E-state index contributed by atoms with van der Waals surface area (Å²) in [5.74, 6) is 1.41. The van der Waals surface area contributed by atoms with E-state index >= 15 is 0 Å². The van der Waals surface area contributed by atoms with Gasteiger partial charge < -0.3 is 30.3 Å². The molecule has 0 radical (unpaired) electrons. The zero-order chi connectivity index (χ0) is 26.9. The minimum atomic E-state index is -0.0350. The summed E-state index contributed by atoms with van der Waals surface area (Å²) < 4.78 is 11.9. The average molecular weight is 564 g/mol. The molecule has 1 spiro atoms. The first-order valence-corrected chi connectivity index (χ1v) is 15.6. The van der Waals surface area contributed by atoms with Gasteiger partial charge >= 0.3 is 6.01 Å². The van der Waals surface area contributed by atoms with E-state index in [-0.39, 0.29) is 10.8 Å². The molecule has 2 bridgehead atoms. The van der Waals surface area contributed by atoms with Crippen LogP contribution in [0.5, 0.6) is 6.01 Å². The Kier molecular flexibility index (Phi) is 5.89. The van der Waals surface area contributed by atoms with Gasteiger partial charge in [-0.3, -0.25) is 4.90 Å². The predicted octanol–water partition coefficient (Wildman–Crippen LogP) is 1.52. The van der Waals surface area contributed by atoms with Gasteiger partial charge in [0.2, 0.25) is 11.9 Å². The Morgan fingerprint density at radius 3 is 2.48 bits per heavy atom. The molecule has 3 N–H and O–H groups in total. The van der Waals surface area contributed by atoms with Gasteiger partial charge in [-0.05, 0) is 44.1 Å². The smallest absolute Gasteiger partial charge is 0.323 e. The van der Waals surface area contributed by atoms with E-state index in [0.717, 1.165) is 77.8 Å². The van der Waals surface area contributed by atoms with Crippen LogP contribution >= 0.6 is 11.3 Å². The van der Waals surface area contributed by atoms with Crippen molar-refractivity contribution in [3.8, 4) is 12.1 Å². The number of rotatable bonds is 7. The number of ether oxygens (including phenoxy) is 2. The molecule has 2 aromatic rings. The Morgan fingerprint density at radius 1 is 1.05 bits per heavy atom. The Labute approximate surface area is 238 Å². The minimum absolute atomic E-state index is 0.0350. The standard InChI is InChI=1S/C28H37N9O2S/c29-11-20-22-21(40-23(20)30)3-4-28(22)15-37(16-28)25-32-24(36-12-18-1-2-19(13-36)31-18)33-26(34-25)39-17-27(5-6-27)14-35-7-9-38-10-8-35/h18-19,31H,1-10,12-17,30H2/t18-,19+. The molecule has 0 unspecified atom stereocenters. The van der Waals surface area contributed by atoms with Gasteiger partial charge in [0, 0.05) is 73.6 Å². The normalized spacial score (nSPS) is 27.9. The zero-order valence-corrected chi connectivity index (χ0v) is 23.7. The number of hydrogen-bond donors (Lipinski definition) is 2. The fourth-order valence-electron chi connectivity index (χ4n) is 7.58. The number of piperazine rings is 1. The second-order valence-corrected chi connectivity index (χ2v) is 14.0. The first-order chi connectivity index (χ1) is 19.5. The topological polar surface area (TPSA) is 129 Å². The molecule has 11 nitrogen and oxygen atoms in total. The number of fused-ring (bicyclic) bond motifs is 4. The summed E-state index contributed by atoms with van der Waals surface area (Å²) >= 11 is 1.59. The Balaban J connectivity index is 1.03. The maximum atomic E-state index is 9.80. The van der Waals surface area contributed by atoms with Crippen LogP contribution in [-0.4, -0.2) is 97.6 Å². The first kappa shape index (κ1) is 25.0. The summed E-state index contributed by atoms with van der Waals surface area (Å²) in [7, 11) is 0. The highest BCUT2D eigenvalue weighted by molar-refractivity contribution is 7.16. The fourth-order valence-corrected chi connectivity index (χ4v) is 8.72. The molecule has 5 fully saturated rings. The molecule has 12 heteroatoms. The number of nitrogens with one attached hydrogen (secondary N) is 1. The van der Waals surface area contributed by atoms with Crippen LogP contribution in [0.3, 0.4) is 0 Å². The van der Waals surface area contributed by atoms with Gasteiger partial charge in [0.1, 0.15) is 11.1 Å².